The van der Waals surface area contributed by atoms with Crippen LogP contribution in [-0.2, 0) is 141 Å². The van der Waals surface area contributed by atoms with Crippen LogP contribution in [0.25, 0.3) is 124 Å². The number of phenolic OH excluding ortho intramolecular Hbond substituents is 8. The fourth-order valence-electron chi connectivity index (χ4n) is 15.8. The number of para-hydroxylation sites is 9. The molecule has 24 nitrogen and oxygen atoms in total. The quantitative estimate of drug-likeness (QED) is 0.0329. The molecule has 0 aliphatic carbocycles. The summed E-state index contributed by atoms with van der Waals surface area (Å²) in [5.41, 5.74) is 18.0. The van der Waals surface area contributed by atoms with Gasteiger partial charge in [-0.2, -0.15) is 9.79 Å². The largest absolute Gasteiger partial charge is 2.00 e. The van der Waals surface area contributed by atoms with Gasteiger partial charge in [0.2, 0.25) is 0 Å². The molecule has 8 N–H and O–H groups in total. The van der Waals surface area contributed by atoms with Gasteiger partial charge in [0, 0.05) is 159 Å². The first-order valence-electron chi connectivity index (χ1n) is 46.0. The summed E-state index contributed by atoms with van der Waals surface area (Å²) in [6, 6.07) is 117. The molecule has 0 fully saturated rings. The summed E-state index contributed by atoms with van der Waals surface area (Å²) in [7, 11) is 1.88. The van der Waals surface area contributed by atoms with Crippen LogP contribution in [0, 0.1) is 0 Å². The van der Waals surface area contributed by atoms with Crippen molar-refractivity contribution in [3.8, 4) is 170 Å². The van der Waals surface area contributed by atoms with Crippen LogP contribution in [0.1, 0.15) is 50.5 Å². The fourth-order valence-corrected chi connectivity index (χ4v) is 16.3. The number of aromatic nitrogens is 14. The first-order valence-corrected chi connectivity index (χ1v) is 46.8. The van der Waals surface area contributed by atoms with Crippen molar-refractivity contribution in [2.75, 3.05) is 16.8 Å². The monoisotopic (exact) mass is 2910 g/mol. The van der Waals surface area contributed by atoms with E-state index in [9.17, 15) is 40.9 Å². The van der Waals surface area contributed by atoms with Crippen LogP contribution in [0.2, 0.25) is 0 Å². The number of anilines is 5. The molecular weight excluding hydrogens is 2820 g/mol. The number of pyridine rings is 6. The Hall–Kier alpha value is -15.5. The molecule has 0 saturated heterocycles. The van der Waals surface area contributed by atoms with Crippen molar-refractivity contribution in [2.45, 2.75) is 48.3 Å². The number of nitrogens with zero attached hydrogens (tertiary/aromatic N) is 16. The number of benzene rings is 11. The second kappa shape index (κ2) is 52.9. The average molecular weight is 2920 g/mol. The molecule has 0 bridgehead atoms. The zero-order chi connectivity index (χ0) is 101. The van der Waals surface area contributed by atoms with Crippen molar-refractivity contribution in [1.82, 2.24) is 69.8 Å². The van der Waals surface area contributed by atoms with Crippen molar-refractivity contribution in [3.63, 3.8) is 0 Å². The molecule has 0 radical (unpaired) electrons. The van der Waals surface area contributed by atoms with E-state index in [-0.39, 0.29) is 157 Å². The molecule has 11 aromatic carbocycles. The molecule has 0 atom stereocenters. The van der Waals surface area contributed by atoms with Crippen LogP contribution in [0.3, 0.4) is 0 Å². The molecule has 0 aliphatic rings. The van der Waals surface area contributed by atoms with Gasteiger partial charge < -0.3 is 71.0 Å². The maximum Gasteiger partial charge on any atom is 2.00 e. The van der Waals surface area contributed by atoms with Crippen LogP contribution < -0.4 is 9.80 Å². The number of phenols is 8. The van der Waals surface area contributed by atoms with Gasteiger partial charge in [0.15, 0.2) is 0 Å². The third kappa shape index (κ3) is 27.2. The topological polar surface area (TPSA) is 349 Å². The number of hydrogen-bond donors (Lipinski definition) is 8. The number of rotatable bonds is 20. The van der Waals surface area contributed by atoms with Crippen LogP contribution in [0.4, 0.5) is 29.0 Å². The Kier molecular flexibility index (Phi) is 39.9. The van der Waals surface area contributed by atoms with E-state index in [0.29, 0.717) is 136 Å². The molecule has 150 heavy (non-hydrogen) atoms. The first kappa shape index (κ1) is 113. The molecule has 31 heteroatoms. The molecule has 0 spiro atoms. The number of aromatic hydroxyl groups is 8. The van der Waals surface area contributed by atoms with Crippen molar-refractivity contribution < 1.29 is 146 Å². The molecule has 21 rings (SSSR count). The summed E-state index contributed by atoms with van der Waals surface area (Å²) >= 11 is 11.0. The second-order valence-corrected chi connectivity index (χ2v) is 35.0. The van der Waals surface area contributed by atoms with Crippen LogP contribution in [-0.4, -0.2) is 118 Å². The van der Waals surface area contributed by atoms with Gasteiger partial charge in [-0.05, 0) is 221 Å². The molecular formula is C119H94N16O8Pt5S2. The van der Waals surface area contributed by atoms with Gasteiger partial charge >= 0.3 is 21.1 Å². The summed E-state index contributed by atoms with van der Waals surface area (Å²) in [5.74, 6) is 4.00. The molecule has 21 aromatic rings. The summed E-state index contributed by atoms with van der Waals surface area (Å²) in [5, 5.41) is 81.2. The minimum atomic E-state index is -0.596. The second-order valence-electron chi connectivity index (χ2n) is 34.1. The third-order valence-electron chi connectivity index (χ3n) is 23.7. The Labute approximate surface area is 950 Å². The summed E-state index contributed by atoms with van der Waals surface area (Å²) in [6.07, 6.45) is 13.0. The van der Waals surface area contributed by atoms with E-state index in [1.54, 1.807) is 171 Å². The minimum absolute atomic E-state index is 0. The molecule has 0 saturated carbocycles. The first-order chi connectivity index (χ1) is 70.5. The van der Waals surface area contributed by atoms with E-state index in [1.807, 2.05) is 292 Å². The molecule has 760 valence electrons. The van der Waals surface area contributed by atoms with E-state index < -0.39 is 5.41 Å². The molecule has 0 amide bonds. The van der Waals surface area contributed by atoms with E-state index >= 15 is 0 Å². The van der Waals surface area contributed by atoms with E-state index in [2.05, 4.69) is 53.7 Å². The summed E-state index contributed by atoms with van der Waals surface area (Å²) in [4.78, 5) is 70.0. The normalized spacial score (nSPS) is 10.6. The van der Waals surface area contributed by atoms with Gasteiger partial charge in [0.1, 0.15) is 80.7 Å². The minimum Gasteiger partial charge on any atom is -0.779 e. The van der Waals surface area contributed by atoms with Gasteiger partial charge in [-0.25, -0.2) is 39.9 Å². The maximum absolute atomic E-state index is 10.3. The van der Waals surface area contributed by atoms with Gasteiger partial charge in [0.25, 0.3) is 0 Å². The average Bonchev–Trinajstić information content (AvgIpc) is 0.782. The smallest absolute Gasteiger partial charge is 0.779 e. The molecule has 0 aliphatic heterocycles. The predicted octanol–water partition coefficient (Wildman–Crippen LogP) is 25.6. The summed E-state index contributed by atoms with van der Waals surface area (Å²) in [6.45, 7) is 8.27. The van der Waals surface area contributed by atoms with E-state index in [1.165, 1.54) is 0 Å². The van der Waals surface area contributed by atoms with Crippen LogP contribution in [0.5, 0.6) is 46.0 Å². The zero-order valence-electron chi connectivity index (χ0n) is 80.6. The van der Waals surface area contributed by atoms with Gasteiger partial charge in [-0.15, -0.1) is 0 Å². The maximum atomic E-state index is 10.3. The summed E-state index contributed by atoms with van der Waals surface area (Å²) < 4.78 is 0. The fraction of sp³-hybridized carbons (Fsp3) is 0.0588. The Bertz CT molecular complexity index is 7550. The van der Waals surface area contributed by atoms with Crippen molar-refractivity contribution in [2.24, 2.45) is 0 Å². The Morgan fingerprint density at radius 1 is 0.193 bits per heavy atom. The predicted molar refractivity (Wildman–Crippen MR) is 572 cm³/mol. The molecule has 10 aromatic heterocycles. The number of hydrogen-bond acceptors (Lipinski definition) is 26. The van der Waals surface area contributed by atoms with Crippen molar-refractivity contribution in [3.05, 3.63) is 455 Å². The Morgan fingerprint density at radius 2 is 0.400 bits per heavy atom. The Morgan fingerprint density at radius 3 is 0.687 bits per heavy atom. The van der Waals surface area contributed by atoms with E-state index in [4.69, 9.17) is 55.2 Å². The third-order valence-corrected chi connectivity index (χ3v) is 24.4. The SMILES string of the molecule is CC(C)(c1cccc(-c2ccccc2[S-])n1)c1cccc(-c2ccccc2[S-])n1.CC(C)(c1cncc(-c2ccccc2O)n1)c1cncc(-c2ccccc2O)n1.CN(c1cccc(-c2ccccc2O)n1)c1cccc(-c2ccccc2O)n1.Oc1ccccc1-c1cccc(N(c2ccccc2)c2cccc(-c3ccccc3O)n2)n1.Oc1ccccc1-c1cncc(-c2cncc(-c3ccccc3O)n2)n1.[Pt+2].[Pt].[Pt].[Pt].[Pt]. The van der Waals surface area contributed by atoms with Crippen LogP contribution >= 0.6 is 0 Å². The Balaban J connectivity index is 0.000000165. The van der Waals surface area contributed by atoms with Crippen molar-refractivity contribution in [1.29, 1.82) is 0 Å². The van der Waals surface area contributed by atoms with Gasteiger partial charge in [-0.1, -0.05) is 200 Å². The standard InChI is InChI=1S/C28H21N3O2.C25H22N2S2.C23H20N4O2.C23H19N3O2.C20H14N4O2.5Pt/c32-25-16-6-4-12-21(25)23-14-8-18-27(29-23)31(20-10-2-1-3-11-20)28-19-9-15-24(30-28)22-13-5-7-17-26(22)33;1-25(2,23-15-7-11-19(26-23)17-9-3-5-13-21(17)28)24-16-8-12-20(27-24)18-10-4-6-14-22(18)29;1-23(2,21-13-24-11-17(26-21)15-7-3-5-9-19(15)28)22-14-25-12-18(27-22)16-8-4-6-10-20(16)29;1-26(22-14-6-10-18(24-22)16-8-2-4-12-20(16)27)23-15-7-11-19(25-23)17-9-3-5-13-21(17)28;25-19-7-3-1-5-13(19)15-9-21-11-17(23-15)18-12-22-10-16(24-18)14-6-2-4-8-20(14)26;;;;;/h1-19,32-33H;3-16,28-29H,1-2H3;3-14,28-29H,1-2H3;2-15,27-28H,1H3;1-12,25-26H;;;;;/q;;;;;;;;;+2/p-2. The molecule has 10 heterocycles. The molecule has 0 unspecified atom stereocenters. The van der Waals surface area contributed by atoms with Gasteiger partial charge in [-0.3, -0.25) is 34.8 Å². The zero-order valence-corrected chi connectivity index (χ0v) is 93.6. The van der Waals surface area contributed by atoms with Crippen molar-refractivity contribution >= 4 is 54.2 Å². The van der Waals surface area contributed by atoms with E-state index in [0.717, 1.165) is 49.4 Å². The van der Waals surface area contributed by atoms with Crippen LogP contribution in [0.15, 0.2) is 442 Å². The van der Waals surface area contributed by atoms with Gasteiger partial charge in [0.05, 0.1) is 122 Å².